The smallest absolute Gasteiger partial charge is 0.326 e. The van der Waals surface area contributed by atoms with E-state index in [-0.39, 0.29) is 42.5 Å². The number of benzene rings is 2. The molecule has 0 unspecified atom stereocenters. The number of aliphatic carboxylic acids is 1. The van der Waals surface area contributed by atoms with E-state index in [0.717, 1.165) is 121 Å². The molecule has 0 radical (unpaired) electrons. The second-order valence-corrected chi connectivity index (χ2v) is 27.7. The topological polar surface area (TPSA) is 123 Å². The van der Waals surface area contributed by atoms with Crippen molar-refractivity contribution in [2.45, 2.75) is 314 Å². The summed E-state index contributed by atoms with van der Waals surface area (Å²) < 4.78 is 20.1. The minimum atomic E-state index is -1.06. The molecule has 7 atom stereocenters. The number of unbranched alkanes of at least 4 members (excludes halogenated alkanes) is 1. The van der Waals surface area contributed by atoms with E-state index < -0.39 is 12.0 Å². The molecule has 0 spiro atoms. The van der Waals surface area contributed by atoms with Crippen LogP contribution in [0.3, 0.4) is 0 Å². The Morgan fingerprint density at radius 2 is 0.963 bits per heavy atom. The van der Waals surface area contributed by atoms with Crippen molar-refractivity contribution < 1.29 is 33.7 Å². The molecular weight excluding hydrogens is 993 g/mol. The van der Waals surface area contributed by atoms with Gasteiger partial charge in [0, 0.05) is 18.5 Å². The number of hydrogen-bond donors (Lipinski definition) is 3. The van der Waals surface area contributed by atoms with Gasteiger partial charge in [0.05, 0.1) is 13.0 Å². The maximum absolute atomic E-state index is 13.1. The first kappa shape index (κ1) is 68.7. The van der Waals surface area contributed by atoms with Crippen molar-refractivity contribution in [1.29, 1.82) is 0 Å². The number of carboxylic acids is 1. The molecule has 2 amide bonds. The van der Waals surface area contributed by atoms with E-state index in [9.17, 15) is 19.5 Å². The molecule has 0 aliphatic carbocycles. The van der Waals surface area contributed by atoms with E-state index in [4.69, 9.17) is 14.2 Å². The Hall–Kier alpha value is -3.75. The number of amides is 2. The number of rotatable bonds is 39. The maximum Gasteiger partial charge on any atom is 0.326 e. The molecule has 80 heavy (non-hydrogen) atoms. The Morgan fingerprint density at radius 1 is 0.512 bits per heavy atom. The minimum absolute atomic E-state index is 0.0119. The second kappa shape index (κ2) is 34.1. The number of carboxylic acid groups (broad SMARTS) is 1. The maximum atomic E-state index is 13.1. The van der Waals surface area contributed by atoms with E-state index in [0.29, 0.717) is 25.8 Å². The van der Waals surface area contributed by atoms with Gasteiger partial charge in [-0.25, -0.2) is 4.79 Å². The van der Waals surface area contributed by atoms with Crippen LogP contribution in [0.25, 0.3) is 0 Å². The lowest BCUT2D eigenvalue weighted by Crippen LogP contribution is -2.41. The molecule has 0 saturated heterocycles. The van der Waals surface area contributed by atoms with Gasteiger partial charge in [0.2, 0.25) is 11.8 Å². The van der Waals surface area contributed by atoms with Crippen molar-refractivity contribution >= 4 is 17.8 Å². The van der Waals surface area contributed by atoms with Crippen LogP contribution < -0.4 is 24.8 Å². The van der Waals surface area contributed by atoms with Crippen LogP contribution in [0.4, 0.5) is 0 Å². The molecule has 2 aliphatic rings. The zero-order valence-corrected chi connectivity index (χ0v) is 54.4. The quantitative estimate of drug-likeness (QED) is 0.0570. The number of ether oxygens (including phenoxy) is 3. The summed E-state index contributed by atoms with van der Waals surface area (Å²) in [7, 11) is 0. The van der Waals surface area contributed by atoms with Gasteiger partial charge >= 0.3 is 5.97 Å². The molecule has 0 saturated carbocycles. The summed E-state index contributed by atoms with van der Waals surface area (Å²) in [4.78, 5) is 38.2. The molecular formula is C71H120N2O7. The van der Waals surface area contributed by atoms with Crippen LogP contribution in [0, 0.1) is 77.0 Å². The first-order chi connectivity index (χ1) is 37.8. The Kier molecular flexibility index (Phi) is 29.3. The number of fused-ring (bicyclic) bond motifs is 2. The van der Waals surface area contributed by atoms with Crippen molar-refractivity contribution in [3.8, 4) is 17.2 Å². The number of carbonyl (C=O) groups excluding carboxylic acids is 2. The average molecular weight is 1110 g/mol. The van der Waals surface area contributed by atoms with Crippen LogP contribution in [-0.2, 0) is 33.6 Å². The van der Waals surface area contributed by atoms with Crippen LogP contribution in [-0.4, -0.2) is 53.3 Å². The molecule has 2 aromatic rings. The Morgan fingerprint density at radius 3 is 1.44 bits per heavy atom. The van der Waals surface area contributed by atoms with E-state index in [1.165, 1.54) is 136 Å². The number of nitrogens with one attached hydrogen (secondary N) is 2. The zero-order chi connectivity index (χ0) is 59.2. The van der Waals surface area contributed by atoms with Crippen LogP contribution in [0.15, 0.2) is 0 Å². The fourth-order valence-corrected chi connectivity index (χ4v) is 13.2. The van der Waals surface area contributed by atoms with Gasteiger partial charge in [-0.2, -0.15) is 0 Å². The summed E-state index contributed by atoms with van der Waals surface area (Å²) in [5.74, 6) is 6.28. The molecule has 0 bridgehead atoms. The summed E-state index contributed by atoms with van der Waals surface area (Å²) >= 11 is 0. The molecule has 9 nitrogen and oxygen atoms in total. The van der Waals surface area contributed by atoms with E-state index in [2.05, 4.69) is 121 Å². The normalized spacial score (nSPS) is 18.9. The van der Waals surface area contributed by atoms with Crippen LogP contribution in [0.2, 0.25) is 0 Å². The monoisotopic (exact) mass is 1110 g/mol. The predicted molar refractivity (Wildman–Crippen MR) is 335 cm³/mol. The van der Waals surface area contributed by atoms with Crippen molar-refractivity contribution in [3.05, 3.63) is 50.1 Å². The first-order valence-electron chi connectivity index (χ1n) is 32.9. The fourth-order valence-electron chi connectivity index (χ4n) is 13.2. The average Bonchev–Trinajstić information content (AvgIpc) is 3.38. The van der Waals surface area contributed by atoms with Gasteiger partial charge in [-0.1, -0.05) is 145 Å². The third-order valence-corrected chi connectivity index (χ3v) is 19.2. The van der Waals surface area contributed by atoms with Crippen LogP contribution in [0.5, 0.6) is 17.2 Å². The van der Waals surface area contributed by atoms with Gasteiger partial charge < -0.3 is 30.0 Å². The Balaban J connectivity index is 1.12. The number of carbonyl (C=O) groups is 3. The predicted octanol–water partition coefficient (Wildman–Crippen LogP) is 18.2. The molecule has 4 rings (SSSR count). The highest BCUT2D eigenvalue weighted by atomic mass is 16.5. The van der Waals surface area contributed by atoms with Crippen LogP contribution in [0.1, 0.15) is 286 Å². The van der Waals surface area contributed by atoms with E-state index in [1.807, 2.05) is 0 Å². The van der Waals surface area contributed by atoms with Gasteiger partial charge in [-0.05, 0) is 219 Å². The molecule has 456 valence electrons. The zero-order valence-electron chi connectivity index (χ0n) is 54.4. The Bertz CT molecular complexity index is 2230. The molecule has 0 fully saturated rings. The van der Waals surface area contributed by atoms with E-state index >= 15 is 0 Å². The third-order valence-electron chi connectivity index (χ3n) is 19.2. The molecule has 2 aromatic carbocycles. The summed E-state index contributed by atoms with van der Waals surface area (Å²) in [5, 5.41) is 15.8. The first-order valence-corrected chi connectivity index (χ1v) is 32.9. The van der Waals surface area contributed by atoms with E-state index in [1.54, 1.807) is 0 Å². The third kappa shape index (κ3) is 22.8. The lowest BCUT2D eigenvalue weighted by molar-refractivity contribution is -0.142. The molecule has 2 heterocycles. The highest BCUT2D eigenvalue weighted by Gasteiger charge is 2.36. The standard InChI is InChI=1S/C71H120N2O7/c1-48(2)26-19-28-50(5)30-21-32-52(7)34-24-42-70(15)44-39-61-58(13)60(54(9)55(10)67(61)79-70)36-23-38-64(74)72-46-18-17-37-63(69(76)77)73-65(75)41-47-78-66-56(11)57(12)68-62(59(66)14)40-45-71(16,80-68)43-25-35-53(8)33-22-31-51(6)29-20-27-49(3)4/h48-53,63H,17-47H2,1-16H3,(H,72,74)(H,73,75)(H,76,77)/t50-,51-,52-,53-,63+,70-,71-/m1/s1. The van der Waals surface area contributed by atoms with Gasteiger partial charge in [0.15, 0.2) is 0 Å². The molecule has 0 aromatic heterocycles. The largest absolute Gasteiger partial charge is 0.492 e. The lowest BCUT2D eigenvalue weighted by atomic mass is 9.81. The highest BCUT2D eigenvalue weighted by molar-refractivity contribution is 5.83. The van der Waals surface area contributed by atoms with Gasteiger partial charge in [0.1, 0.15) is 34.5 Å². The summed E-state index contributed by atoms with van der Waals surface area (Å²) in [5.41, 5.74) is 10.6. The molecule has 2 aliphatic heterocycles. The summed E-state index contributed by atoms with van der Waals surface area (Å²) in [6, 6.07) is -1.00. The molecule has 3 N–H and O–H groups in total. The lowest BCUT2D eigenvalue weighted by Gasteiger charge is -2.39. The van der Waals surface area contributed by atoms with Crippen LogP contribution >= 0.6 is 0 Å². The van der Waals surface area contributed by atoms with Gasteiger partial charge in [-0.3, -0.25) is 9.59 Å². The van der Waals surface area contributed by atoms with Crippen molar-refractivity contribution in [2.24, 2.45) is 35.5 Å². The highest BCUT2D eigenvalue weighted by Crippen LogP contribution is 2.46. The van der Waals surface area contributed by atoms with Gasteiger partial charge in [-0.15, -0.1) is 0 Å². The van der Waals surface area contributed by atoms with Crippen molar-refractivity contribution in [1.82, 2.24) is 10.6 Å². The second-order valence-electron chi connectivity index (χ2n) is 27.7. The van der Waals surface area contributed by atoms with Gasteiger partial charge in [0.25, 0.3) is 0 Å². The fraction of sp³-hybridized carbons (Fsp3) is 0.789. The number of hydrogen-bond acceptors (Lipinski definition) is 6. The Labute approximate surface area is 490 Å². The van der Waals surface area contributed by atoms with Crippen molar-refractivity contribution in [2.75, 3.05) is 13.2 Å². The SMILES string of the molecule is Cc1c(C)c2c(c(C)c1CCCC(=O)NCCCC[C@H](NC(=O)CCOc1c(C)c(C)c3c(c1C)CC[C@@](C)(CCC[C@H](C)CCC[C@H](C)CCCC(C)C)O3)C(=O)O)CC[C@@](C)(CCC[C@H](C)CCC[C@H](C)CCCC(C)C)O2. The summed E-state index contributed by atoms with van der Waals surface area (Å²) in [6.07, 6.45) is 30.7. The minimum Gasteiger partial charge on any atom is -0.492 e. The van der Waals surface area contributed by atoms with Crippen molar-refractivity contribution in [3.63, 3.8) is 0 Å². The summed E-state index contributed by atoms with van der Waals surface area (Å²) in [6.45, 7) is 37.2. The molecule has 9 heteroatoms.